The summed E-state index contributed by atoms with van der Waals surface area (Å²) in [5, 5.41) is 53.4. The van der Waals surface area contributed by atoms with Crippen LogP contribution in [0.5, 0.6) is 5.75 Å². The smallest absolute Gasteiger partial charge is 0.326 e. The minimum Gasteiger partial charge on any atom is -0.508 e. The normalized spacial score (nSPS) is 13.3. The first-order valence-corrected chi connectivity index (χ1v) is 16.9. The first-order chi connectivity index (χ1) is 24.3. The molecule has 2 aromatic carbocycles. The third kappa shape index (κ3) is 16.8. The van der Waals surface area contributed by atoms with Crippen LogP contribution < -0.4 is 26.6 Å². The maximum atomic E-state index is 13.2. The van der Waals surface area contributed by atoms with Gasteiger partial charge in [0, 0.05) is 17.8 Å². The third-order valence-electron chi connectivity index (χ3n) is 7.51. The summed E-state index contributed by atoms with van der Waals surface area (Å²) >= 11 is 0. The molecule has 3 unspecified atom stereocenters. The van der Waals surface area contributed by atoms with Gasteiger partial charge in [-0.15, -0.1) is 0 Å². The van der Waals surface area contributed by atoms with Crippen LogP contribution in [0.4, 0.5) is 11.4 Å². The summed E-state index contributed by atoms with van der Waals surface area (Å²) in [7, 11) is 0. The van der Waals surface area contributed by atoms with Gasteiger partial charge in [0.25, 0.3) is 6.20 Å². The third-order valence-corrected chi connectivity index (χ3v) is 7.51. The lowest BCUT2D eigenvalue weighted by atomic mass is 9.91. The van der Waals surface area contributed by atoms with Crippen molar-refractivity contribution in [1.29, 1.82) is 0 Å². The molecule has 0 aromatic heterocycles. The van der Waals surface area contributed by atoms with Crippen LogP contribution in [0.15, 0.2) is 60.6 Å². The zero-order valence-electron chi connectivity index (χ0n) is 30.1. The van der Waals surface area contributed by atoms with Gasteiger partial charge in [0.1, 0.15) is 23.9 Å². The van der Waals surface area contributed by atoms with Gasteiger partial charge in [-0.05, 0) is 72.6 Å². The van der Waals surface area contributed by atoms with Crippen molar-refractivity contribution in [1.82, 2.24) is 16.0 Å². The van der Waals surface area contributed by atoms with Gasteiger partial charge in [0.15, 0.2) is 5.82 Å². The summed E-state index contributed by atoms with van der Waals surface area (Å²) in [6.07, 6.45) is 1.67. The molecule has 52 heavy (non-hydrogen) atoms. The van der Waals surface area contributed by atoms with Gasteiger partial charge >= 0.3 is 11.9 Å². The van der Waals surface area contributed by atoms with Gasteiger partial charge in [-0.25, -0.2) is 9.59 Å². The summed E-state index contributed by atoms with van der Waals surface area (Å²) < 4.78 is 0. The van der Waals surface area contributed by atoms with E-state index in [9.17, 15) is 49.4 Å². The van der Waals surface area contributed by atoms with Crippen LogP contribution in [0, 0.1) is 21.4 Å². The van der Waals surface area contributed by atoms with Gasteiger partial charge < -0.3 is 41.9 Å². The number of rotatable bonds is 21. The van der Waals surface area contributed by atoms with Crippen molar-refractivity contribution >= 4 is 41.0 Å². The van der Waals surface area contributed by atoms with Crippen LogP contribution in [0.25, 0.3) is 0 Å². The molecule has 0 heterocycles. The molecule has 0 aliphatic carbocycles. The van der Waals surface area contributed by atoms with Crippen molar-refractivity contribution in [3.8, 4) is 5.75 Å². The number of nitro groups is 1. The molecular formula is C36H50N6O10. The van der Waals surface area contributed by atoms with Crippen molar-refractivity contribution in [2.45, 2.75) is 97.7 Å². The number of hydrogen-bond donors (Lipinski definition) is 8. The lowest BCUT2D eigenvalue weighted by molar-refractivity contribution is -0.403. The lowest BCUT2D eigenvalue weighted by Crippen LogP contribution is -2.52. The molecule has 3 atom stereocenters. The molecule has 16 nitrogen and oxygen atoms in total. The number of nitrogens with one attached hydrogen (secondary N) is 5. The highest BCUT2D eigenvalue weighted by molar-refractivity contribution is 5.91. The van der Waals surface area contributed by atoms with Crippen molar-refractivity contribution in [3.63, 3.8) is 0 Å². The molecule has 0 saturated carbocycles. The average molecular weight is 727 g/mol. The fourth-order valence-corrected chi connectivity index (χ4v) is 5.11. The van der Waals surface area contributed by atoms with E-state index >= 15 is 0 Å². The predicted molar refractivity (Wildman–Crippen MR) is 194 cm³/mol. The predicted octanol–water partition coefficient (Wildman–Crippen LogP) is 4.20. The number of hydrogen-bond acceptors (Lipinski definition) is 10. The number of aromatic hydroxyl groups is 1. The SMILES string of the molecule is CC(C)CC(NC(=O)Cc1ccc(NC(=C[N+](=O)[O-])Nc2ccc(O)cc2)cc1)C(=O)NC(CCCCC(NC(=O)CC(C)(C)C)C(=O)O)C(=O)O. The minimum absolute atomic E-state index is 0.00903. The first kappa shape index (κ1) is 42.5. The quantitative estimate of drug-likeness (QED) is 0.0390. The van der Waals surface area contributed by atoms with Gasteiger partial charge in [0.2, 0.25) is 17.7 Å². The molecule has 2 rings (SSSR count). The van der Waals surface area contributed by atoms with E-state index in [-0.39, 0.29) is 73.8 Å². The highest BCUT2D eigenvalue weighted by atomic mass is 16.6. The molecule has 0 radical (unpaired) electrons. The van der Waals surface area contributed by atoms with E-state index in [2.05, 4.69) is 26.6 Å². The molecule has 0 aliphatic rings. The van der Waals surface area contributed by atoms with E-state index in [0.717, 1.165) is 6.20 Å². The Hall–Kier alpha value is -5.67. The van der Waals surface area contributed by atoms with E-state index < -0.39 is 46.8 Å². The molecule has 284 valence electrons. The maximum Gasteiger partial charge on any atom is 0.326 e. The molecule has 0 spiro atoms. The van der Waals surface area contributed by atoms with Crippen molar-refractivity contribution in [3.05, 3.63) is 76.2 Å². The van der Waals surface area contributed by atoms with Gasteiger partial charge in [0.05, 0.1) is 11.3 Å². The van der Waals surface area contributed by atoms with Gasteiger partial charge in [-0.1, -0.05) is 59.6 Å². The number of amides is 3. The highest BCUT2D eigenvalue weighted by Gasteiger charge is 2.28. The number of carboxylic acid groups (broad SMARTS) is 2. The maximum absolute atomic E-state index is 13.2. The number of carbonyl (C=O) groups is 5. The molecule has 2 aromatic rings. The first-order valence-electron chi connectivity index (χ1n) is 16.9. The Morgan fingerprint density at radius 1 is 0.769 bits per heavy atom. The Labute approximate surface area is 302 Å². The Balaban J connectivity index is 1.97. The number of carboxylic acids is 2. The summed E-state index contributed by atoms with van der Waals surface area (Å²) in [4.78, 5) is 72.6. The summed E-state index contributed by atoms with van der Waals surface area (Å²) in [6.45, 7) is 9.28. The molecule has 16 heteroatoms. The van der Waals surface area contributed by atoms with Gasteiger partial charge in [-0.2, -0.15) is 0 Å². The Morgan fingerprint density at radius 3 is 1.71 bits per heavy atom. The number of anilines is 2. The monoisotopic (exact) mass is 726 g/mol. The van der Waals surface area contributed by atoms with Crippen molar-refractivity contribution in [2.24, 2.45) is 11.3 Å². The number of carbonyl (C=O) groups excluding carboxylic acids is 3. The molecule has 0 bridgehead atoms. The topological polar surface area (TPSA) is 249 Å². The second kappa shape index (κ2) is 20.2. The summed E-state index contributed by atoms with van der Waals surface area (Å²) in [6, 6.07) is 9.00. The second-order valence-electron chi connectivity index (χ2n) is 14.1. The summed E-state index contributed by atoms with van der Waals surface area (Å²) in [5.41, 5.74) is 1.22. The zero-order valence-corrected chi connectivity index (χ0v) is 30.1. The van der Waals surface area contributed by atoms with Crippen molar-refractivity contribution < 1.29 is 44.2 Å². The van der Waals surface area contributed by atoms with E-state index in [1.165, 1.54) is 12.1 Å². The Kier molecular flexibility index (Phi) is 16.5. The standard InChI is InChI=1S/C36H50N6O10/c1-22(2)18-29(33(46)41-28(35(49)50)9-7-6-8-27(34(47)48)39-32(45)20-36(3,4)5)40-31(44)19-23-10-12-24(13-11-23)37-30(21-42(51)52)38-25-14-16-26(43)17-15-25/h10-17,21-22,27-29,37-38,43H,6-9,18-20H2,1-5H3,(H,39,45)(H,40,44)(H,41,46)(H,47,48)(H,49,50). The van der Waals surface area contributed by atoms with Crippen molar-refractivity contribution in [2.75, 3.05) is 10.6 Å². The Morgan fingerprint density at radius 2 is 1.25 bits per heavy atom. The van der Waals surface area contributed by atoms with Crippen LogP contribution in [-0.4, -0.2) is 68.0 Å². The van der Waals surface area contributed by atoms with Crippen LogP contribution in [-0.2, 0) is 30.4 Å². The fourth-order valence-electron chi connectivity index (χ4n) is 5.11. The van der Waals surface area contributed by atoms with Crippen LogP contribution in [0.2, 0.25) is 0 Å². The molecular weight excluding hydrogens is 676 g/mol. The largest absolute Gasteiger partial charge is 0.508 e. The zero-order chi connectivity index (χ0) is 39.0. The summed E-state index contributed by atoms with van der Waals surface area (Å²) in [5.74, 6) is -3.95. The number of phenolic OH excluding ortho intramolecular Hbond substituents is 1. The molecule has 8 N–H and O–H groups in total. The average Bonchev–Trinajstić information content (AvgIpc) is 3.01. The Bertz CT molecular complexity index is 1570. The molecule has 0 aliphatic heterocycles. The van der Waals surface area contributed by atoms with Gasteiger partial charge in [-0.3, -0.25) is 24.5 Å². The number of aliphatic carboxylic acids is 2. The number of unbranched alkanes of at least 4 members (excludes halogenated alkanes) is 1. The van der Waals surface area contributed by atoms with Crippen LogP contribution in [0.1, 0.15) is 78.7 Å². The minimum atomic E-state index is -1.28. The second-order valence-corrected chi connectivity index (χ2v) is 14.1. The van der Waals surface area contributed by atoms with E-state index in [0.29, 0.717) is 16.9 Å². The lowest BCUT2D eigenvalue weighted by Gasteiger charge is -2.23. The van der Waals surface area contributed by atoms with Crippen LogP contribution in [0.3, 0.4) is 0 Å². The molecule has 0 saturated heterocycles. The van der Waals surface area contributed by atoms with E-state index in [1.54, 1.807) is 36.4 Å². The number of phenols is 1. The fraction of sp³-hybridized carbons (Fsp3) is 0.472. The van der Waals surface area contributed by atoms with E-state index in [4.69, 9.17) is 0 Å². The molecule has 3 amide bonds. The highest BCUT2D eigenvalue weighted by Crippen LogP contribution is 2.20. The number of nitrogens with zero attached hydrogens (tertiary/aromatic N) is 1. The van der Waals surface area contributed by atoms with Crippen LogP contribution >= 0.6 is 0 Å². The number of benzene rings is 2. The molecule has 0 fully saturated rings. The van der Waals surface area contributed by atoms with E-state index in [1.807, 2.05) is 34.6 Å².